The summed E-state index contributed by atoms with van der Waals surface area (Å²) in [5, 5.41) is 5.74. The Hall–Kier alpha value is -1.94. The molecule has 0 aromatic heterocycles. The summed E-state index contributed by atoms with van der Waals surface area (Å²) in [6.45, 7) is 4.64. The van der Waals surface area contributed by atoms with Gasteiger partial charge in [0, 0.05) is 17.1 Å². The van der Waals surface area contributed by atoms with Gasteiger partial charge in [0.05, 0.1) is 0 Å². The Morgan fingerprint density at radius 3 is 2.48 bits per heavy atom. The van der Waals surface area contributed by atoms with Gasteiger partial charge in [-0.2, -0.15) is 0 Å². The van der Waals surface area contributed by atoms with E-state index in [0.717, 1.165) is 16.1 Å². The molecule has 0 atom stereocenters. The Bertz CT molecular complexity index is 620. The predicted molar refractivity (Wildman–Crippen MR) is 90.0 cm³/mol. The van der Waals surface area contributed by atoms with Crippen molar-refractivity contribution in [1.82, 2.24) is 5.32 Å². The number of carbonyl (C=O) groups excluding carboxylic acids is 1. The molecule has 0 saturated carbocycles. The van der Waals surface area contributed by atoms with Crippen LogP contribution in [0.3, 0.4) is 0 Å². The van der Waals surface area contributed by atoms with Crippen LogP contribution in [0.1, 0.15) is 16.7 Å². The summed E-state index contributed by atoms with van der Waals surface area (Å²) < 4.78 is 0. The zero-order valence-corrected chi connectivity index (χ0v) is 13.4. The van der Waals surface area contributed by atoms with Crippen molar-refractivity contribution in [2.24, 2.45) is 0 Å². The van der Waals surface area contributed by atoms with Gasteiger partial charge < -0.3 is 10.6 Å². The first-order valence-corrected chi connectivity index (χ1v) is 8.05. The molecule has 0 unspecified atom stereocenters. The van der Waals surface area contributed by atoms with Crippen LogP contribution < -0.4 is 10.6 Å². The van der Waals surface area contributed by atoms with Crippen LogP contribution in [0.25, 0.3) is 0 Å². The lowest BCUT2D eigenvalue weighted by molar-refractivity contribution is 0.251. The molecular weight excluding hydrogens is 280 g/mol. The van der Waals surface area contributed by atoms with E-state index in [9.17, 15) is 4.79 Å². The molecular formula is C17H20N2OS. The van der Waals surface area contributed by atoms with E-state index in [1.54, 1.807) is 11.8 Å². The first-order chi connectivity index (χ1) is 10.1. The van der Waals surface area contributed by atoms with Gasteiger partial charge >= 0.3 is 6.03 Å². The Morgan fingerprint density at radius 1 is 1.10 bits per heavy atom. The van der Waals surface area contributed by atoms with Crippen molar-refractivity contribution >= 4 is 23.5 Å². The molecule has 0 aliphatic rings. The molecule has 0 aliphatic heterocycles. The quantitative estimate of drug-likeness (QED) is 0.824. The lowest BCUT2D eigenvalue weighted by atomic mass is 10.1. The van der Waals surface area contributed by atoms with Crippen LogP contribution in [-0.2, 0) is 6.54 Å². The second-order valence-electron chi connectivity index (χ2n) is 5.04. The zero-order valence-electron chi connectivity index (χ0n) is 12.6. The van der Waals surface area contributed by atoms with Crippen molar-refractivity contribution in [3.05, 3.63) is 59.2 Å². The lowest BCUT2D eigenvalue weighted by Gasteiger charge is -2.09. The summed E-state index contributed by atoms with van der Waals surface area (Å²) >= 11 is 1.65. The van der Waals surface area contributed by atoms with Crippen molar-refractivity contribution in [3.63, 3.8) is 0 Å². The molecule has 2 rings (SSSR count). The second-order valence-corrected chi connectivity index (χ2v) is 5.92. The molecule has 4 heteroatoms. The summed E-state index contributed by atoms with van der Waals surface area (Å²) in [7, 11) is 0. The van der Waals surface area contributed by atoms with Gasteiger partial charge in [-0.05, 0) is 43.9 Å². The van der Waals surface area contributed by atoms with Crippen molar-refractivity contribution < 1.29 is 4.79 Å². The van der Waals surface area contributed by atoms with Crippen LogP contribution in [0.5, 0.6) is 0 Å². The highest BCUT2D eigenvalue weighted by atomic mass is 32.2. The second kappa shape index (κ2) is 7.18. The van der Waals surface area contributed by atoms with Gasteiger partial charge in [0.25, 0.3) is 0 Å². The summed E-state index contributed by atoms with van der Waals surface area (Å²) in [6, 6.07) is 13.9. The molecule has 0 spiro atoms. The lowest BCUT2D eigenvalue weighted by Crippen LogP contribution is -2.28. The molecule has 0 heterocycles. The molecule has 0 bridgehead atoms. The highest BCUT2D eigenvalue weighted by molar-refractivity contribution is 7.98. The van der Waals surface area contributed by atoms with E-state index in [4.69, 9.17) is 0 Å². The first-order valence-electron chi connectivity index (χ1n) is 6.83. The van der Waals surface area contributed by atoms with Gasteiger partial charge in [0.1, 0.15) is 0 Å². The summed E-state index contributed by atoms with van der Waals surface area (Å²) in [4.78, 5) is 13.1. The number of urea groups is 1. The smallest absolute Gasteiger partial charge is 0.319 e. The monoisotopic (exact) mass is 300 g/mol. The molecule has 0 aliphatic carbocycles. The minimum absolute atomic E-state index is 0.188. The van der Waals surface area contributed by atoms with E-state index in [1.807, 2.05) is 30.5 Å². The van der Waals surface area contributed by atoms with Gasteiger partial charge in [-0.1, -0.05) is 35.4 Å². The van der Waals surface area contributed by atoms with Crippen LogP contribution in [0.15, 0.2) is 47.4 Å². The minimum atomic E-state index is -0.188. The third-order valence-corrected chi connectivity index (χ3v) is 3.79. The number of nitrogens with one attached hydrogen (secondary N) is 2. The first kappa shape index (κ1) is 15.4. The molecule has 2 amide bonds. The van der Waals surface area contributed by atoms with E-state index in [-0.39, 0.29) is 6.03 Å². The normalized spacial score (nSPS) is 10.2. The largest absolute Gasteiger partial charge is 0.334 e. The third kappa shape index (κ3) is 4.83. The Morgan fingerprint density at radius 2 is 1.81 bits per heavy atom. The number of hydrogen-bond donors (Lipinski definition) is 2. The minimum Gasteiger partial charge on any atom is -0.334 e. The standard InChI is InChI=1S/C17H20N2OS/c1-12-7-13(2)9-14(8-12)11-18-17(20)19-15-5-4-6-16(10-15)21-3/h4-10H,11H2,1-3H3,(H2,18,19,20). The van der Waals surface area contributed by atoms with E-state index < -0.39 is 0 Å². The Balaban J connectivity index is 1.92. The number of thioether (sulfide) groups is 1. The fourth-order valence-electron chi connectivity index (χ4n) is 2.23. The average molecular weight is 300 g/mol. The number of carbonyl (C=O) groups is 1. The molecule has 110 valence electrons. The average Bonchev–Trinajstić information content (AvgIpc) is 2.44. The molecule has 0 radical (unpaired) electrons. The Labute approximate surface area is 130 Å². The predicted octanol–water partition coefficient (Wildman–Crippen LogP) is 4.35. The highest BCUT2D eigenvalue weighted by Crippen LogP contribution is 2.18. The van der Waals surface area contributed by atoms with Crippen molar-refractivity contribution in [2.75, 3.05) is 11.6 Å². The molecule has 2 aromatic rings. The number of amides is 2. The van der Waals surface area contributed by atoms with Crippen LogP contribution >= 0.6 is 11.8 Å². The van der Waals surface area contributed by atoms with Crippen LogP contribution in [-0.4, -0.2) is 12.3 Å². The topological polar surface area (TPSA) is 41.1 Å². The molecule has 0 fully saturated rings. The van der Waals surface area contributed by atoms with Gasteiger partial charge in [-0.3, -0.25) is 0 Å². The highest BCUT2D eigenvalue weighted by Gasteiger charge is 2.03. The van der Waals surface area contributed by atoms with Crippen LogP contribution in [0.4, 0.5) is 10.5 Å². The fourth-order valence-corrected chi connectivity index (χ4v) is 2.69. The van der Waals surface area contributed by atoms with Crippen molar-refractivity contribution in [3.8, 4) is 0 Å². The molecule has 21 heavy (non-hydrogen) atoms. The molecule has 3 nitrogen and oxygen atoms in total. The van der Waals surface area contributed by atoms with Gasteiger partial charge in [-0.25, -0.2) is 4.79 Å². The van der Waals surface area contributed by atoms with Gasteiger partial charge in [-0.15, -0.1) is 11.8 Å². The number of anilines is 1. The SMILES string of the molecule is CSc1cccc(NC(=O)NCc2cc(C)cc(C)c2)c1. The van der Waals surface area contributed by atoms with Crippen molar-refractivity contribution in [1.29, 1.82) is 0 Å². The number of benzene rings is 2. The number of rotatable bonds is 4. The van der Waals surface area contributed by atoms with E-state index in [2.05, 4.69) is 42.7 Å². The van der Waals surface area contributed by atoms with E-state index in [1.165, 1.54) is 11.1 Å². The van der Waals surface area contributed by atoms with Crippen LogP contribution in [0, 0.1) is 13.8 Å². The maximum absolute atomic E-state index is 11.9. The summed E-state index contributed by atoms with van der Waals surface area (Å²) in [5.41, 5.74) is 4.33. The third-order valence-electron chi connectivity index (χ3n) is 3.06. The Kier molecular flexibility index (Phi) is 5.28. The fraction of sp³-hybridized carbons (Fsp3) is 0.235. The van der Waals surface area contributed by atoms with E-state index >= 15 is 0 Å². The van der Waals surface area contributed by atoms with Crippen molar-refractivity contribution in [2.45, 2.75) is 25.3 Å². The maximum Gasteiger partial charge on any atom is 0.319 e. The molecule has 2 aromatic carbocycles. The molecule has 2 N–H and O–H groups in total. The number of hydrogen-bond acceptors (Lipinski definition) is 2. The van der Waals surface area contributed by atoms with Gasteiger partial charge in [0.2, 0.25) is 0 Å². The number of aryl methyl sites for hydroxylation is 2. The molecule has 0 saturated heterocycles. The summed E-state index contributed by atoms with van der Waals surface area (Å²) in [5.74, 6) is 0. The maximum atomic E-state index is 11.9. The van der Waals surface area contributed by atoms with E-state index in [0.29, 0.717) is 6.54 Å². The van der Waals surface area contributed by atoms with Gasteiger partial charge in [0.15, 0.2) is 0 Å². The van der Waals surface area contributed by atoms with Crippen LogP contribution in [0.2, 0.25) is 0 Å². The summed E-state index contributed by atoms with van der Waals surface area (Å²) in [6.07, 6.45) is 2.01. The zero-order chi connectivity index (χ0) is 15.2.